The summed E-state index contributed by atoms with van der Waals surface area (Å²) in [6.45, 7) is -0.119. The maximum absolute atomic E-state index is 12.9. The van der Waals surface area contributed by atoms with E-state index in [1.165, 1.54) is 6.20 Å². The number of hydrogen-bond acceptors (Lipinski definition) is 13. The number of rotatable bonds is 7. The minimum absolute atomic E-state index is 0.108. The normalized spacial score (nSPS) is 34.3. The van der Waals surface area contributed by atoms with Crippen LogP contribution in [0.4, 0.5) is 0 Å². The van der Waals surface area contributed by atoms with E-state index in [9.17, 15) is 39.4 Å². The number of aliphatic hydroxyl groups is 2. The molecular formula is C23H29N5O13. The van der Waals surface area contributed by atoms with Gasteiger partial charge in [-0.3, -0.25) is 33.9 Å². The Kier molecular flexibility index (Phi) is 8.23. The number of carbonyl (C=O) groups excluding carboxylic acids is 3. The fourth-order valence-corrected chi connectivity index (χ4v) is 5.05. The lowest BCUT2D eigenvalue weighted by Crippen LogP contribution is -2.54. The predicted octanol–water partition coefficient (Wildman–Crippen LogP) is -4.11. The first-order chi connectivity index (χ1) is 19.5. The third kappa shape index (κ3) is 5.75. The molecule has 41 heavy (non-hydrogen) atoms. The van der Waals surface area contributed by atoms with Crippen molar-refractivity contribution >= 4 is 17.7 Å². The van der Waals surface area contributed by atoms with Gasteiger partial charge in [0, 0.05) is 18.8 Å². The standard InChI is InChI=1S/C23H29N5O13/c24-18(32)16(15-14-17(38-8-37-14)21(40-15)27-6-4-12(30)26-23(27)35)41-22-13(31)10(29)7-11(39-22)19(33)25-9-3-1-2-5-28(36)20(9)34/h4,6-7,9-10,13-17,21-22,29,31,36H,1-3,5,8H2,(H2,24,32)(H,25,33)(H,26,30,35)/t9?,10?,13?,14?,15-,16?,17?,21+,22+/m0/s1. The number of aliphatic hydroxyl groups excluding tert-OH is 2. The molecule has 4 aliphatic rings. The molecule has 224 valence electrons. The molecule has 1 aromatic rings. The average molecular weight is 584 g/mol. The topological polar surface area (TPSA) is 254 Å². The molecule has 0 spiro atoms. The molecule has 9 atom stereocenters. The van der Waals surface area contributed by atoms with Crippen molar-refractivity contribution in [1.29, 1.82) is 0 Å². The van der Waals surface area contributed by atoms with E-state index in [1.54, 1.807) is 0 Å². The number of carbonyl (C=O) groups is 3. The van der Waals surface area contributed by atoms with Crippen molar-refractivity contribution in [3.63, 3.8) is 0 Å². The van der Waals surface area contributed by atoms with Crippen molar-refractivity contribution in [2.75, 3.05) is 13.3 Å². The number of nitrogens with one attached hydrogen (secondary N) is 2. The first kappa shape index (κ1) is 28.9. The molecule has 5 heterocycles. The Bertz CT molecular complexity index is 1330. The molecular weight excluding hydrogens is 554 g/mol. The number of hydroxylamine groups is 2. The van der Waals surface area contributed by atoms with Crippen molar-refractivity contribution in [3.05, 3.63) is 44.9 Å². The number of H-pyrrole nitrogens is 1. The van der Waals surface area contributed by atoms with Crippen LogP contribution in [-0.2, 0) is 38.1 Å². The molecule has 0 aliphatic carbocycles. The largest absolute Gasteiger partial charge is 0.456 e. The highest BCUT2D eigenvalue weighted by molar-refractivity contribution is 5.95. The van der Waals surface area contributed by atoms with Crippen molar-refractivity contribution < 1.29 is 53.5 Å². The fraction of sp³-hybridized carbons (Fsp3) is 0.609. The Morgan fingerprint density at radius 2 is 1.93 bits per heavy atom. The molecule has 3 saturated heterocycles. The number of ether oxygens (including phenoxy) is 5. The molecule has 18 nitrogen and oxygen atoms in total. The third-order valence-electron chi connectivity index (χ3n) is 7.12. The Hall–Kier alpha value is -3.65. The summed E-state index contributed by atoms with van der Waals surface area (Å²) >= 11 is 0. The lowest BCUT2D eigenvalue weighted by atomic mass is 10.0. The number of aromatic amines is 1. The van der Waals surface area contributed by atoms with Gasteiger partial charge in [-0.15, -0.1) is 0 Å². The number of amides is 3. The van der Waals surface area contributed by atoms with E-state index in [0.717, 1.165) is 16.7 Å². The number of fused-ring (bicyclic) bond motifs is 1. The summed E-state index contributed by atoms with van der Waals surface area (Å²) in [5.41, 5.74) is 4.11. The quantitative estimate of drug-likeness (QED) is 0.167. The highest BCUT2D eigenvalue weighted by atomic mass is 16.8. The van der Waals surface area contributed by atoms with Crippen LogP contribution in [0, 0.1) is 0 Å². The van der Waals surface area contributed by atoms with Gasteiger partial charge in [-0.05, 0) is 25.3 Å². The minimum Gasteiger partial charge on any atom is -0.456 e. The molecule has 4 aliphatic heterocycles. The van der Waals surface area contributed by atoms with Gasteiger partial charge in [0.1, 0.15) is 43.4 Å². The minimum atomic E-state index is -1.83. The van der Waals surface area contributed by atoms with Crippen LogP contribution in [0.25, 0.3) is 0 Å². The van der Waals surface area contributed by atoms with E-state index >= 15 is 0 Å². The lowest BCUT2D eigenvalue weighted by molar-refractivity contribution is -0.243. The molecule has 0 saturated carbocycles. The summed E-state index contributed by atoms with van der Waals surface area (Å²) in [5, 5.41) is 33.6. The van der Waals surface area contributed by atoms with Gasteiger partial charge < -0.3 is 44.9 Å². The van der Waals surface area contributed by atoms with Crippen molar-refractivity contribution in [2.45, 2.75) is 74.4 Å². The summed E-state index contributed by atoms with van der Waals surface area (Å²) in [5.74, 6) is -3.30. The molecule has 7 N–H and O–H groups in total. The van der Waals surface area contributed by atoms with Crippen LogP contribution >= 0.6 is 0 Å². The van der Waals surface area contributed by atoms with E-state index in [1.807, 2.05) is 0 Å². The summed E-state index contributed by atoms with van der Waals surface area (Å²) in [6.07, 6.45) is -8.07. The van der Waals surface area contributed by atoms with Crippen molar-refractivity contribution in [3.8, 4) is 0 Å². The zero-order valence-electron chi connectivity index (χ0n) is 21.4. The lowest BCUT2D eigenvalue weighted by Gasteiger charge is -2.35. The zero-order valence-corrected chi connectivity index (χ0v) is 21.4. The van der Waals surface area contributed by atoms with Gasteiger partial charge in [-0.25, -0.2) is 9.86 Å². The molecule has 6 unspecified atom stereocenters. The van der Waals surface area contributed by atoms with Crippen LogP contribution in [0.15, 0.2) is 33.7 Å². The number of primary amides is 1. The molecule has 3 fully saturated rings. The SMILES string of the molecule is NC(=O)C(O[C@H]1OC(C(=O)NC2CCCCN(O)C2=O)=CC(O)C1O)[C@H]1O[C@@H](n2ccc(=O)[nH]c2=O)C2OCOC21. The Balaban J connectivity index is 1.33. The molecule has 18 heteroatoms. The molecule has 5 rings (SSSR count). The highest BCUT2D eigenvalue weighted by Crippen LogP contribution is 2.39. The zero-order chi connectivity index (χ0) is 29.4. The molecule has 3 amide bonds. The average Bonchev–Trinajstić information content (AvgIpc) is 3.50. The van der Waals surface area contributed by atoms with Crippen LogP contribution < -0.4 is 22.3 Å². The second kappa shape index (κ2) is 11.7. The molecule has 0 aromatic carbocycles. The van der Waals surface area contributed by atoms with Gasteiger partial charge in [0.2, 0.25) is 12.2 Å². The van der Waals surface area contributed by atoms with Gasteiger partial charge >= 0.3 is 5.69 Å². The number of nitrogens with zero attached hydrogens (tertiary/aromatic N) is 2. The molecule has 1 aromatic heterocycles. The first-order valence-electron chi connectivity index (χ1n) is 12.8. The number of aromatic nitrogens is 2. The highest BCUT2D eigenvalue weighted by Gasteiger charge is 2.56. The number of hydrogen-bond donors (Lipinski definition) is 6. The van der Waals surface area contributed by atoms with Crippen LogP contribution in [0.3, 0.4) is 0 Å². The van der Waals surface area contributed by atoms with Gasteiger partial charge in [0.25, 0.3) is 17.4 Å². The predicted molar refractivity (Wildman–Crippen MR) is 128 cm³/mol. The van der Waals surface area contributed by atoms with E-state index < -0.39 is 89.9 Å². The maximum atomic E-state index is 12.9. The summed E-state index contributed by atoms with van der Waals surface area (Å²) < 4.78 is 29.1. The van der Waals surface area contributed by atoms with E-state index in [-0.39, 0.29) is 19.8 Å². The Morgan fingerprint density at radius 1 is 1.17 bits per heavy atom. The Morgan fingerprint density at radius 3 is 2.66 bits per heavy atom. The maximum Gasteiger partial charge on any atom is 0.330 e. The smallest absolute Gasteiger partial charge is 0.330 e. The molecule has 0 bridgehead atoms. The van der Waals surface area contributed by atoms with E-state index in [4.69, 9.17) is 29.4 Å². The summed E-state index contributed by atoms with van der Waals surface area (Å²) in [7, 11) is 0. The second-order valence-corrected chi connectivity index (χ2v) is 9.83. The van der Waals surface area contributed by atoms with Crippen molar-refractivity contribution in [1.82, 2.24) is 19.9 Å². The van der Waals surface area contributed by atoms with Crippen LogP contribution in [0.2, 0.25) is 0 Å². The second-order valence-electron chi connectivity index (χ2n) is 9.83. The van der Waals surface area contributed by atoms with Gasteiger partial charge in [-0.1, -0.05) is 0 Å². The van der Waals surface area contributed by atoms with Gasteiger partial charge in [-0.2, -0.15) is 0 Å². The van der Waals surface area contributed by atoms with Gasteiger partial charge in [0.15, 0.2) is 18.1 Å². The third-order valence-corrected chi connectivity index (χ3v) is 7.12. The van der Waals surface area contributed by atoms with Crippen LogP contribution in [-0.4, -0.2) is 110 Å². The first-order valence-corrected chi connectivity index (χ1v) is 12.8. The van der Waals surface area contributed by atoms with E-state index in [0.29, 0.717) is 17.9 Å². The van der Waals surface area contributed by atoms with E-state index in [2.05, 4.69) is 10.3 Å². The Labute approximate surface area is 230 Å². The summed E-state index contributed by atoms with van der Waals surface area (Å²) in [4.78, 5) is 63.7. The summed E-state index contributed by atoms with van der Waals surface area (Å²) in [6, 6.07) is 0.0101. The van der Waals surface area contributed by atoms with Gasteiger partial charge in [0.05, 0.1) is 0 Å². The number of nitrogens with two attached hydrogens (primary N) is 1. The fourth-order valence-electron chi connectivity index (χ4n) is 5.05. The molecule has 0 radical (unpaired) electrons. The monoisotopic (exact) mass is 583 g/mol. The van der Waals surface area contributed by atoms with Crippen LogP contribution in [0.5, 0.6) is 0 Å². The van der Waals surface area contributed by atoms with Crippen molar-refractivity contribution in [2.24, 2.45) is 5.73 Å². The van der Waals surface area contributed by atoms with Crippen LogP contribution in [0.1, 0.15) is 25.5 Å².